The van der Waals surface area contributed by atoms with Gasteiger partial charge in [0.2, 0.25) is 0 Å². The third-order valence-electron chi connectivity index (χ3n) is 4.85. The van der Waals surface area contributed by atoms with Gasteiger partial charge in [0.05, 0.1) is 10.9 Å². The summed E-state index contributed by atoms with van der Waals surface area (Å²) in [6.07, 6.45) is 6.15. The van der Waals surface area contributed by atoms with Crippen LogP contribution in [0, 0.1) is 5.92 Å². The van der Waals surface area contributed by atoms with Gasteiger partial charge in [0.1, 0.15) is 5.69 Å². The van der Waals surface area contributed by atoms with Gasteiger partial charge in [-0.2, -0.15) is 0 Å². The predicted molar refractivity (Wildman–Crippen MR) is 83.6 cm³/mol. The van der Waals surface area contributed by atoms with Gasteiger partial charge in [-0.25, -0.2) is 0 Å². The second-order valence-corrected chi connectivity index (χ2v) is 8.25. The molecule has 1 saturated carbocycles. The van der Waals surface area contributed by atoms with Gasteiger partial charge in [-0.15, -0.1) is 11.8 Å². The number of nitrogens with zero attached hydrogens (tertiary/aromatic N) is 2. The maximum absolute atomic E-state index is 12.4. The molecule has 114 valence electrons. The van der Waals surface area contributed by atoms with Crippen molar-refractivity contribution in [3.05, 3.63) is 24.0 Å². The molecule has 1 spiro atoms. The summed E-state index contributed by atoms with van der Waals surface area (Å²) in [6, 6.07) is 3.82. The Labute approximate surface area is 129 Å². The molecule has 4 rings (SSSR count). The Balaban J connectivity index is 1.30. The SMILES string of the molecule is Cn1cccc1C(=O)N1CC2(C[C@H](OCC3CC3)CS2)C1. The first-order chi connectivity index (χ1) is 10.2. The van der Waals surface area contributed by atoms with E-state index >= 15 is 0 Å². The van der Waals surface area contributed by atoms with E-state index in [4.69, 9.17) is 4.74 Å². The van der Waals surface area contributed by atoms with Gasteiger partial charge in [0, 0.05) is 38.7 Å². The van der Waals surface area contributed by atoms with E-state index in [9.17, 15) is 4.79 Å². The van der Waals surface area contributed by atoms with Crippen LogP contribution in [0.15, 0.2) is 18.3 Å². The average Bonchev–Trinajstić information content (AvgIpc) is 3.00. The first-order valence-electron chi connectivity index (χ1n) is 7.81. The Morgan fingerprint density at radius 3 is 2.95 bits per heavy atom. The molecule has 2 saturated heterocycles. The topological polar surface area (TPSA) is 34.5 Å². The molecule has 1 aliphatic carbocycles. The summed E-state index contributed by atoms with van der Waals surface area (Å²) in [4.78, 5) is 14.4. The maximum atomic E-state index is 12.4. The van der Waals surface area contributed by atoms with Crippen molar-refractivity contribution < 1.29 is 9.53 Å². The van der Waals surface area contributed by atoms with Crippen molar-refractivity contribution in [2.45, 2.75) is 30.1 Å². The van der Waals surface area contributed by atoms with Crippen LogP contribution in [0.5, 0.6) is 0 Å². The van der Waals surface area contributed by atoms with Gasteiger partial charge < -0.3 is 14.2 Å². The second kappa shape index (κ2) is 5.06. The zero-order valence-corrected chi connectivity index (χ0v) is 13.3. The lowest BCUT2D eigenvalue weighted by Gasteiger charge is -2.47. The van der Waals surface area contributed by atoms with E-state index < -0.39 is 0 Å². The summed E-state index contributed by atoms with van der Waals surface area (Å²) in [6.45, 7) is 2.71. The number of aryl methyl sites for hydroxylation is 1. The molecule has 4 nitrogen and oxygen atoms in total. The third-order valence-corrected chi connectivity index (χ3v) is 6.42. The van der Waals surface area contributed by atoms with Gasteiger partial charge in [-0.3, -0.25) is 4.79 Å². The Morgan fingerprint density at radius 1 is 1.48 bits per heavy atom. The minimum atomic E-state index is 0.163. The van der Waals surface area contributed by atoms with Crippen molar-refractivity contribution in [2.24, 2.45) is 13.0 Å². The number of carbonyl (C=O) groups excluding carboxylic acids is 1. The van der Waals surface area contributed by atoms with Gasteiger partial charge in [0.25, 0.3) is 5.91 Å². The van der Waals surface area contributed by atoms with Gasteiger partial charge in [0.15, 0.2) is 0 Å². The molecule has 1 atom stereocenters. The molecule has 0 N–H and O–H groups in total. The number of hydrogen-bond acceptors (Lipinski definition) is 3. The summed E-state index contributed by atoms with van der Waals surface area (Å²) >= 11 is 2.01. The molecule has 0 radical (unpaired) electrons. The van der Waals surface area contributed by atoms with Gasteiger partial charge in [-0.1, -0.05) is 0 Å². The molecular formula is C16H22N2O2S. The van der Waals surface area contributed by atoms with Crippen LogP contribution in [0.3, 0.4) is 0 Å². The molecule has 21 heavy (non-hydrogen) atoms. The van der Waals surface area contributed by atoms with Gasteiger partial charge in [-0.05, 0) is 37.3 Å². The molecule has 0 unspecified atom stereocenters. The van der Waals surface area contributed by atoms with Crippen LogP contribution in [-0.2, 0) is 11.8 Å². The fourth-order valence-corrected chi connectivity index (χ4v) is 4.88. The van der Waals surface area contributed by atoms with Crippen LogP contribution in [0.1, 0.15) is 29.8 Å². The minimum Gasteiger partial charge on any atom is -0.377 e. The first-order valence-corrected chi connectivity index (χ1v) is 8.80. The summed E-state index contributed by atoms with van der Waals surface area (Å²) in [5.41, 5.74) is 0.786. The molecule has 3 heterocycles. The second-order valence-electron chi connectivity index (χ2n) is 6.76. The average molecular weight is 306 g/mol. The third kappa shape index (κ3) is 2.61. The summed E-state index contributed by atoms with van der Waals surface area (Å²) in [5.74, 6) is 2.10. The zero-order valence-electron chi connectivity index (χ0n) is 12.5. The number of likely N-dealkylation sites (tertiary alicyclic amines) is 1. The molecular weight excluding hydrogens is 284 g/mol. The smallest absolute Gasteiger partial charge is 0.270 e. The molecule has 0 aromatic carbocycles. The first kappa shape index (κ1) is 13.7. The van der Waals surface area contributed by atoms with Crippen LogP contribution in [0.2, 0.25) is 0 Å². The van der Waals surface area contributed by atoms with Crippen LogP contribution >= 0.6 is 11.8 Å². The highest BCUT2D eigenvalue weighted by Crippen LogP contribution is 2.46. The fourth-order valence-electron chi connectivity index (χ4n) is 3.32. The summed E-state index contributed by atoms with van der Waals surface area (Å²) in [5, 5.41) is 0. The Hall–Kier alpha value is -0.940. The number of thioether (sulfide) groups is 1. The molecule has 1 aromatic rings. The standard InChI is InChI=1S/C16H22N2O2S/c1-17-6-2-3-14(17)15(19)18-10-16(11-18)7-13(9-21-16)20-8-12-4-5-12/h2-3,6,12-13H,4-5,7-11H2,1H3/t13-/m0/s1. The van der Waals surface area contributed by atoms with Crippen molar-refractivity contribution in [2.75, 3.05) is 25.4 Å². The zero-order chi connectivity index (χ0) is 14.4. The van der Waals surface area contributed by atoms with E-state index in [1.807, 2.05) is 46.6 Å². The largest absolute Gasteiger partial charge is 0.377 e. The van der Waals surface area contributed by atoms with Crippen molar-refractivity contribution >= 4 is 17.7 Å². The molecule has 3 aliphatic rings. The highest BCUT2D eigenvalue weighted by atomic mass is 32.2. The van der Waals surface area contributed by atoms with Crippen LogP contribution < -0.4 is 0 Å². The lowest BCUT2D eigenvalue weighted by Crippen LogP contribution is -2.61. The molecule has 2 aliphatic heterocycles. The van der Waals surface area contributed by atoms with Crippen molar-refractivity contribution in [1.82, 2.24) is 9.47 Å². The fraction of sp³-hybridized carbons (Fsp3) is 0.688. The number of ether oxygens (including phenoxy) is 1. The highest BCUT2D eigenvalue weighted by molar-refractivity contribution is 8.01. The normalized spacial score (nSPS) is 27.1. The minimum absolute atomic E-state index is 0.163. The number of carbonyl (C=O) groups is 1. The number of rotatable bonds is 4. The predicted octanol–water partition coefficient (Wildman–Crippen LogP) is 2.15. The van der Waals surface area contributed by atoms with Gasteiger partial charge >= 0.3 is 0 Å². The van der Waals surface area contributed by atoms with E-state index in [0.29, 0.717) is 6.10 Å². The van der Waals surface area contributed by atoms with E-state index in [-0.39, 0.29) is 10.7 Å². The summed E-state index contributed by atoms with van der Waals surface area (Å²) in [7, 11) is 1.93. The Kier molecular flexibility index (Phi) is 3.30. The maximum Gasteiger partial charge on any atom is 0.270 e. The van der Waals surface area contributed by atoms with E-state index in [1.54, 1.807) is 0 Å². The van der Waals surface area contributed by atoms with E-state index in [0.717, 1.165) is 43.5 Å². The number of amides is 1. The molecule has 1 amide bonds. The lowest BCUT2D eigenvalue weighted by atomic mass is 9.92. The summed E-state index contributed by atoms with van der Waals surface area (Å²) < 4.78 is 8.19. The monoisotopic (exact) mass is 306 g/mol. The molecule has 1 aromatic heterocycles. The molecule has 0 bridgehead atoms. The quantitative estimate of drug-likeness (QED) is 0.855. The van der Waals surface area contributed by atoms with E-state index in [2.05, 4.69) is 0 Å². The molecule has 5 heteroatoms. The van der Waals surface area contributed by atoms with E-state index in [1.165, 1.54) is 12.8 Å². The highest BCUT2D eigenvalue weighted by Gasteiger charge is 2.51. The van der Waals surface area contributed by atoms with Crippen LogP contribution in [0.25, 0.3) is 0 Å². The molecule has 3 fully saturated rings. The van der Waals surface area contributed by atoms with Crippen molar-refractivity contribution in [3.63, 3.8) is 0 Å². The lowest BCUT2D eigenvalue weighted by molar-refractivity contribution is 0.0282. The number of aromatic nitrogens is 1. The van der Waals surface area contributed by atoms with Crippen LogP contribution in [-0.4, -0.2) is 51.7 Å². The Bertz CT molecular complexity index is 546. The van der Waals surface area contributed by atoms with Crippen molar-refractivity contribution in [3.8, 4) is 0 Å². The van der Waals surface area contributed by atoms with Crippen molar-refractivity contribution in [1.29, 1.82) is 0 Å². The van der Waals surface area contributed by atoms with Crippen LogP contribution in [0.4, 0.5) is 0 Å². The number of hydrogen-bond donors (Lipinski definition) is 0. The Morgan fingerprint density at radius 2 is 2.29 bits per heavy atom.